The topological polar surface area (TPSA) is 40.5 Å². The summed E-state index contributed by atoms with van der Waals surface area (Å²) in [6.45, 7) is 0.758. The molecule has 1 aromatic carbocycles. The molecule has 0 aromatic heterocycles. The smallest absolute Gasteiger partial charge is 0.254 e. The molecule has 1 fully saturated rings. The zero-order valence-corrected chi connectivity index (χ0v) is 8.44. The van der Waals surface area contributed by atoms with Crippen molar-refractivity contribution in [3.8, 4) is 0 Å². The predicted molar refractivity (Wildman–Crippen MR) is 55.3 cm³/mol. The first kappa shape index (κ1) is 8.92. The summed E-state index contributed by atoms with van der Waals surface area (Å²) in [6.07, 6.45) is 2.29. The Labute approximate surface area is 88.3 Å². The van der Waals surface area contributed by atoms with Crippen LogP contribution in [0.1, 0.15) is 34.3 Å². The monoisotopic (exact) mass is 203 g/mol. The molecule has 3 nitrogen and oxygen atoms in total. The molecule has 78 valence electrons. The fourth-order valence-electron chi connectivity index (χ4n) is 2.15. The number of hydrogen-bond donors (Lipinski definition) is 1. The Kier molecular flexibility index (Phi) is 1.83. The number of aliphatic hydroxyl groups is 1. The molecule has 1 amide bonds. The average molecular weight is 203 g/mol. The lowest BCUT2D eigenvalue weighted by Gasteiger charge is -2.13. The molecule has 0 atom stereocenters. The maximum Gasteiger partial charge on any atom is 0.254 e. The van der Waals surface area contributed by atoms with E-state index in [1.807, 2.05) is 23.1 Å². The molecule has 0 saturated heterocycles. The lowest BCUT2D eigenvalue weighted by atomic mass is 10.1. The average Bonchev–Trinajstić information content (AvgIpc) is 3.05. The zero-order chi connectivity index (χ0) is 10.4. The zero-order valence-electron chi connectivity index (χ0n) is 8.44. The number of benzene rings is 1. The van der Waals surface area contributed by atoms with E-state index >= 15 is 0 Å². The molecular weight excluding hydrogens is 190 g/mol. The van der Waals surface area contributed by atoms with Gasteiger partial charge < -0.3 is 10.0 Å². The summed E-state index contributed by atoms with van der Waals surface area (Å²) < 4.78 is 0. The summed E-state index contributed by atoms with van der Waals surface area (Å²) in [4.78, 5) is 13.9. The van der Waals surface area contributed by atoms with E-state index in [1.165, 1.54) is 0 Å². The fourth-order valence-corrected chi connectivity index (χ4v) is 2.15. The van der Waals surface area contributed by atoms with Crippen molar-refractivity contribution in [1.82, 2.24) is 4.90 Å². The molecule has 1 aromatic rings. The van der Waals surface area contributed by atoms with E-state index in [0.29, 0.717) is 6.04 Å². The van der Waals surface area contributed by atoms with Gasteiger partial charge in [0.1, 0.15) is 0 Å². The Morgan fingerprint density at radius 3 is 2.87 bits per heavy atom. The molecule has 0 spiro atoms. The van der Waals surface area contributed by atoms with Gasteiger partial charge in [-0.05, 0) is 30.0 Å². The molecule has 3 heteroatoms. The van der Waals surface area contributed by atoms with E-state index in [1.54, 1.807) is 0 Å². The van der Waals surface area contributed by atoms with Gasteiger partial charge in [-0.25, -0.2) is 0 Å². The van der Waals surface area contributed by atoms with Crippen molar-refractivity contribution in [3.05, 3.63) is 34.9 Å². The molecule has 3 rings (SSSR count). The third-order valence-electron chi connectivity index (χ3n) is 3.18. The van der Waals surface area contributed by atoms with E-state index in [-0.39, 0.29) is 12.5 Å². The molecule has 1 aliphatic heterocycles. The maximum absolute atomic E-state index is 12.0. The molecule has 2 aliphatic rings. The molecule has 0 radical (unpaired) electrons. The second-order valence-corrected chi connectivity index (χ2v) is 4.31. The minimum atomic E-state index is 0.00396. The quantitative estimate of drug-likeness (QED) is 0.787. The number of carbonyl (C=O) groups is 1. The Morgan fingerprint density at radius 1 is 1.40 bits per heavy atom. The van der Waals surface area contributed by atoms with Gasteiger partial charge in [0.2, 0.25) is 0 Å². The molecule has 1 saturated carbocycles. The molecule has 0 unspecified atom stereocenters. The largest absolute Gasteiger partial charge is 0.392 e. The van der Waals surface area contributed by atoms with E-state index in [2.05, 4.69) is 0 Å². The Morgan fingerprint density at radius 2 is 2.20 bits per heavy atom. The number of carbonyl (C=O) groups excluding carboxylic acids is 1. The molecule has 1 N–H and O–H groups in total. The van der Waals surface area contributed by atoms with E-state index in [9.17, 15) is 4.79 Å². The van der Waals surface area contributed by atoms with Gasteiger partial charge in [-0.2, -0.15) is 0 Å². The van der Waals surface area contributed by atoms with Gasteiger partial charge in [0, 0.05) is 18.2 Å². The van der Waals surface area contributed by atoms with Crippen molar-refractivity contribution in [3.63, 3.8) is 0 Å². The molecule has 1 heterocycles. The third-order valence-corrected chi connectivity index (χ3v) is 3.18. The van der Waals surface area contributed by atoms with Crippen LogP contribution in [0.2, 0.25) is 0 Å². The van der Waals surface area contributed by atoms with Crippen molar-refractivity contribution in [2.24, 2.45) is 0 Å². The number of fused-ring (bicyclic) bond motifs is 1. The highest BCUT2D eigenvalue weighted by Crippen LogP contribution is 2.34. The minimum absolute atomic E-state index is 0.00396. The second-order valence-electron chi connectivity index (χ2n) is 4.31. The van der Waals surface area contributed by atoms with Crippen LogP contribution in [0.3, 0.4) is 0 Å². The maximum atomic E-state index is 12.0. The van der Waals surface area contributed by atoms with Gasteiger partial charge >= 0.3 is 0 Å². The van der Waals surface area contributed by atoms with E-state index in [4.69, 9.17) is 5.11 Å². The summed E-state index contributed by atoms with van der Waals surface area (Å²) in [7, 11) is 0. The summed E-state index contributed by atoms with van der Waals surface area (Å²) in [6, 6.07) is 6.14. The number of amides is 1. The first-order valence-electron chi connectivity index (χ1n) is 5.33. The Hall–Kier alpha value is -1.35. The highest BCUT2D eigenvalue weighted by atomic mass is 16.3. The molecule has 1 aliphatic carbocycles. The summed E-state index contributed by atoms with van der Waals surface area (Å²) in [5.41, 5.74) is 2.71. The SMILES string of the molecule is O=C1c2cc(CO)ccc2CN1C1CC1. The van der Waals surface area contributed by atoms with Crippen LogP contribution in [0.5, 0.6) is 0 Å². The van der Waals surface area contributed by atoms with Crippen LogP contribution in [-0.4, -0.2) is 22.0 Å². The third kappa shape index (κ3) is 1.35. The lowest BCUT2D eigenvalue weighted by molar-refractivity contribution is 0.0766. The van der Waals surface area contributed by atoms with Crippen LogP contribution in [0, 0.1) is 0 Å². The predicted octanol–water partition coefficient (Wildman–Crippen LogP) is 1.30. The van der Waals surface area contributed by atoms with E-state index in [0.717, 1.165) is 36.1 Å². The van der Waals surface area contributed by atoms with Gasteiger partial charge in [-0.1, -0.05) is 12.1 Å². The second kappa shape index (κ2) is 3.07. The fraction of sp³-hybridized carbons (Fsp3) is 0.417. The molecular formula is C12H13NO2. The molecule has 15 heavy (non-hydrogen) atoms. The van der Waals surface area contributed by atoms with Crippen LogP contribution in [0.15, 0.2) is 18.2 Å². The van der Waals surface area contributed by atoms with Crippen molar-refractivity contribution in [2.45, 2.75) is 32.0 Å². The Bertz CT molecular complexity index is 424. The van der Waals surface area contributed by atoms with Gasteiger partial charge in [-0.3, -0.25) is 4.79 Å². The standard InChI is InChI=1S/C12H13NO2/c14-7-8-1-2-9-6-13(10-3-4-10)12(15)11(9)5-8/h1-2,5,10,14H,3-4,6-7H2. The Balaban J connectivity index is 1.97. The van der Waals surface area contributed by atoms with Crippen LogP contribution >= 0.6 is 0 Å². The summed E-state index contributed by atoms with van der Waals surface area (Å²) in [5.74, 6) is 0.141. The van der Waals surface area contributed by atoms with Gasteiger partial charge in [0.15, 0.2) is 0 Å². The number of hydrogen-bond acceptors (Lipinski definition) is 2. The summed E-state index contributed by atoms with van der Waals surface area (Å²) in [5, 5.41) is 9.02. The van der Waals surface area contributed by atoms with Crippen molar-refractivity contribution in [1.29, 1.82) is 0 Å². The van der Waals surface area contributed by atoms with Crippen LogP contribution in [-0.2, 0) is 13.2 Å². The van der Waals surface area contributed by atoms with Crippen LogP contribution < -0.4 is 0 Å². The van der Waals surface area contributed by atoms with Crippen LogP contribution in [0.4, 0.5) is 0 Å². The van der Waals surface area contributed by atoms with Gasteiger partial charge in [-0.15, -0.1) is 0 Å². The first-order chi connectivity index (χ1) is 7.29. The molecule has 0 bridgehead atoms. The first-order valence-corrected chi connectivity index (χ1v) is 5.33. The van der Waals surface area contributed by atoms with E-state index < -0.39 is 0 Å². The van der Waals surface area contributed by atoms with Gasteiger partial charge in [0.05, 0.1) is 6.61 Å². The van der Waals surface area contributed by atoms with Crippen molar-refractivity contribution in [2.75, 3.05) is 0 Å². The normalized spacial score (nSPS) is 19.5. The number of aliphatic hydroxyl groups excluding tert-OH is 1. The lowest BCUT2D eigenvalue weighted by Crippen LogP contribution is -2.25. The summed E-state index contributed by atoms with van der Waals surface area (Å²) >= 11 is 0. The van der Waals surface area contributed by atoms with Crippen molar-refractivity contribution >= 4 is 5.91 Å². The minimum Gasteiger partial charge on any atom is -0.392 e. The number of rotatable bonds is 2. The number of nitrogens with zero attached hydrogens (tertiary/aromatic N) is 1. The van der Waals surface area contributed by atoms with Crippen molar-refractivity contribution < 1.29 is 9.90 Å². The van der Waals surface area contributed by atoms with Crippen LogP contribution in [0.25, 0.3) is 0 Å². The highest BCUT2D eigenvalue weighted by Gasteiger charge is 2.37. The van der Waals surface area contributed by atoms with Gasteiger partial charge in [0.25, 0.3) is 5.91 Å². The highest BCUT2D eigenvalue weighted by molar-refractivity contribution is 5.98.